The molecule has 3 atom stereocenters. The summed E-state index contributed by atoms with van der Waals surface area (Å²) < 4.78 is 6.09. The van der Waals surface area contributed by atoms with E-state index >= 15 is 0 Å². The van der Waals surface area contributed by atoms with Crippen molar-refractivity contribution in [1.29, 1.82) is 0 Å². The second-order valence-electron chi connectivity index (χ2n) is 4.89. The Morgan fingerprint density at radius 2 is 2.40 bits per heavy atom. The van der Waals surface area contributed by atoms with Crippen LogP contribution >= 0.6 is 22.9 Å². The molecule has 1 fully saturated rings. The molecule has 0 aliphatic carbocycles. The minimum Gasteiger partial charge on any atom is -0.378 e. The summed E-state index contributed by atoms with van der Waals surface area (Å²) >= 11 is 7.53. The first kappa shape index (κ1) is 15.7. The topological polar surface area (TPSA) is 81.6 Å². The van der Waals surface area contributed by atoms with Gasteiger partial charge in [-0.1, -0.05) is 18.5 Å². The van der Waals surface area contributed by atoms with Gasteiger partial charge in [-0.25, -0.2) is 0 Å². The zero-order valence-corrected chi connectivity index (χ0v) is 13.0. The molecule has 1 aromatic heterocycles. The van der Waals surface area contributed by atoms with Gasteiger partial charge in [0.25, 0.3) is 0 Å². The number of ether oxygens (including phenoxy) is 1. The van der Waals surface area contributed by atoms with Crippen LogP contribution in [0.1, 0.15) is 24.3 Å². The number of thiophene rings is 1. The third-order valence-electron chi connectivity index (χ3n) is 3.62. The van der Waals surface area contributed by atoms with E-state index in [-0.39, 0.29) is 18.0 Å². The maximum absolute atomic E-state index is 11.7. The molecule has 5 nitrogen and oxygen atoms in total. The highest BCUT2D eigenvalue weighted by molar-refractivity contribution is 7.16. The van der Waals surface area contributed by atoms with E-state index in [0.717, 1.165) is 15.6 Å². The molecule has 0 spiro atoms. The van der Waals surface area contributed by atoms with Crippen LogP contribution in [0.5, 0.6) is 0 Å². The SMILES string of the molecule is CCC(N)C(c1ccc(Cl)s1)N1CCOCC1C(N)=O. The van der Waals surface area contributed by atoms with Crippen LogP contribution in [0.3, 0.4) is 0 Å². The number of rotatable bonds is 5. The Morgan fingerprint density at radius 3 is 2.95 bits per heavy atom. The Hall–Kier alpha value is -0.660. The number of hydrogen-bond acceptors (Lipinski definition) is 5. The van der Waals surface area contributed by atoms with Gasteiger partial charge in [0.1, 0.15) is 6.04 Å². The molecule has 0 radical (unpaired) electrons. The van der Waals surface area contributed by atoms with Gasteiger partial charge in [-0.15, -0.1) is 11.3 Å². The van der Waals surface area contributed by atoms with Crippen molar-refractivity contribution in [3.63, 3.8) is 0 Å². The van der Waals surface area contributed by atoms with Crippen molar-refractivity contribution in [2.45, 2.75) is 31.5 Å². The highest BCUT2D eigenvalue weighted by atomic mass is 35.5. The molecule has 0 saturated carbocycles. The summed E-state index contributed by atoms with van der Waals surface area (Å²) in [6, 6.07) is 3.26. The standard InChI is InChI=1S/C13H20ClN3O2S/c1-2-8(15)12(10-3-4-11(14)20-10)17-5-6-19-7-9(17)13(16)18/h3-4,8-9,12H,2,5-7,15H2,1H3,(H2,16,18). The molecule has 4 N–H and O–H groups in total. The van der Waals surface area contributed by atoms with Gasteiger partial charge in [-0.05, 0) is 18.6 Å². The first-order valence-corrected chi connectivity index (χ1v) is 7.87. The van der Waals surface area contributed by atoms with E-state index in [9.17, 15) is 4.79 Å². The Bertz CT molecular complexity index is 468. The van der Waals surface area contributed by atoms with E-state index in [2.05, 4.69) is 4.90 Å². The molecule has 1 aromatic rings. The van der Waals surface area contributed by atoms with Crippen LogP contribution < -0.4 is 11.5 Å². The number of amides is 1. The van der Waals surface area contributed by atoms with Gasteiger partial charge in [0.05, 0.1) is 23.6 Å². The molecule has 0 aromatic carbocycles. The molecule has 2 rings (SSSR count). The van der Waals surface area contributed by atoms with Crippen molar-refractivity contribution in [2.75, 3.05) is 19.8 Å². The number of nitrogens with two attached hydrogens (primary N) is 2. The van der Waals surface area contributed by atoms with Crippen LogP contribution in [0.15, 0.2) is 12.1 Å². The average molecular weight is 318 g/mol. The number of morpholine rings is 1. The third kappa shape index (κ3) is 3.32. The summed E-state index contributed by atoms with van der Waals surface area (Å²) in [5, 5.41) is 0. The molecule has 1 aliphatic heterocycles. The quantitative estimate of drug-likeness (QED) is 0.859. The van der Waals surface area contributed by atoms with Crippen molar-refractivity contribution in [2.24, 2.45) is 11.5 Å². The number of carbonyl (C=O) groups is 1. The van der Waals surface area contributed by atoms with Gasteiger partial charge in [-0.2, -0.15) is 0 Å². The number of carbonyl (C=O) groups excluding carboxylic acids is 1. The summed E-state index contributed by atoms with van der Waals surface area (Å²) in [6.07, 6.45) is 0.809. The lowest BCUT2D eigenvalue weighted by Crippen LogP contribution is -2.56. The molecule has 1 amide bonds. The Kier molecular flexibility index (Phi) is 5.40. The van der Waals surface area contributed by atoms with E-state index in [1.165, 1.54) is 11.3 Å². The number of hydrogen-bond donors (Lipinski definition) is 2. The fourth-order valence-corrected chi connectivity index (χ4v) is 3.78. The number of primary amides is 1. The predicted octanol–water partition coefficient (Wildman–Crippen LogP) is 1.37. The van der Waals surface area contributed by atoms with Crippen LogP contribution in [-0.2, 0) is 9.53 Å². The average Bonchev–Trinajstić information content (AvgIpc) is 2.85. The number of nitrogens with zero attached hydrogens (tertiary/aromatic N) is 1. The molecule has 1 aliphatic rings. The predicted molar refractivity (Wildman–Crippen MR) is 80.8 cm³/mol. The van der Waals surface area contributed by atoms with E-state index < -0.39 is 6.04 Å². The van der Waals surface area contributed by atoms with Gasteiger partial charge in [0.2, 0.25) is 5.91 Å². The van der Waals surface area contributed by atoms with Gasteiger partial charge in [0, 0.05) is 17.5 Å². The normalized spacial score (nSPS) is 23.4. The summed E-state index contributed by atoms with van der Waals surface area (Å²) in [5.74, 6) is -0.374. The molecule has 3 unspecified atom stereocenters. The lowest BCUT2D eigenvalue weighted by atomic mass is 10.00. The van der Waals surface area contributed by atoms with E-state index in [0.29, 0.717) is 19.8 Å². The second-order valence-corrected chi connectivity index (χ2v) is 6.64. The highest BCUT2D eigenvalue weighted by Crippen LogP contribution is 2.34. The lowest BCUT2D eigenvalue weighted by Gasteiger charge is -2.41. The molecule has 0 bridgehead atoms. The largest absolute Gasteiger partial charge is 0.378 e. The van der Waals surface area contributed by atoms with E-state index in [1.54, 1.807) is 0 Å². The molecule has 20 heavy (non-hydrogen) atoms. The van der Waals surface area contributed by atoms with Gasteiger partial charge >= 0.3 is 0 Å². The van der Waals surface area contributed by atoms with E-state index in [4.69, 9.17) is 27.8 Å². The van der Waals surface area contributed by atoms with Crippen LogP contribution in [0.4, 0.5) is 0 Å². The van der Waals surface area contributed by atoms with Crippen LogP contribution in [0, 0.1) is 0 Å². The fourth-order valence-electron chi connectivity index (χ4n) is 2.53. The summed E-state index contributed by atoms with van der Waals surface area (Å²) in [6.45, 7) is 3.57. The minimum atomic E-state index is -0.438. The van der Waals surface area contributed by atoms with Crippen molar-refractivity contribution in [3.05, 3.63) is 21.3 Å². The zero-order chi connectivity index (χ0) is 14.7. The minimum absolute atomic E-state index is 0.0566. The van der Waals surface area contributed by atoms with Gasteiger partial charge in [-0.3, -0.25) is 9.69 Å². The maximum atomic E-state index is 11.7. The van der Waals surface area contributed by atoms with Crippen LogP contribution in [0.25, 0.3) is 0 Å². The van der Waals surface area contributed by atoms with Crippen LogP contribution in [0.2, 0.25) is 4.34 Å². The smallest absolute Gasteiger partial charge is 0.237 e. The maximum Gasteiger partial charge on any atom is 0.237 e. The number of halogens is 1. The summed E-state index contributed by atoms with van der Waals surface area (Å²) in [4.78, 5) is 14.8. The lowest BCUT2D eigenvalue weighted by molar-refractivity contribution is -0.131. The van der Waals surface area contributed by atoms with Crippen molar-refractivity contribution < 1.29 is 9.53 Å². The summed E-state index contributed by atoms with van der Waals surface area (Å²) in [7, 11) is 0. The van der Waals surface area contributed by atoms with Crippen molar-refractivity contribution in [3.8, 4) is 0 Å². The molecule has 1 saturated heterocycles. The summed E-state index contributed by atoms with van der Waals surface area (Å²) in [5.41, 5.74) is 11.8. The molecular weight excluding hydrogens is 298 g/mol. The zero-order valence-electron chi connectivity index (χ0n) is 11.4. The Balaban J connectivity index is 2.31. The molecule has 2 heterocycles. The molecular formula is C13H20ClN3O2S. The highest BCUT2D eigenvalue weighted by Gasteiger charge is 2.36. The Morgan fingerprint density at radius 1 is 1.65 bits per heavy atom. The van der Waals surface area contributed by atoms with Crippen molar-refractivity contribution in [1.82, 2.24) is 4.90 Å². The second kappa shape index (κ2) is 6.87. The Labute approximate surface area is 127 Å². The third-order valence-corrected chi connectivity index (χ3v) is 4.92. The fraction of sp³-hybridized carbons (Fsp3) is 0.615. The van der Waals surface area contributed by atoms with Crippen LogP contribution in [-0.4, -0.2) is 42.6 Å². The first-order chi connectivity index (χ1) is 9.54. The van der Waals surface area contributed by atoms with Gasteiger partial charge < -0.3 is 16.2 Å². The first-order valence-electron chi connectivity index (χ1n) is 6.68. The monoisotopic (exact) mass is 317 g/mol. The van der Waals surface area contributed by atoms with Crippen molar-refractivity contribution >= 4 is 28.8 Å². The molecule has 7 heteroatoms. The van der Waals surface area contributed by atoms with E-state index in [1.807, 2.05) is 19.1 Å². The molecule has 112 valence electrons. The van der Waals surface area contributed by atoms with Gasteiger partial charge in [0.15, 0.2) is 0 Å².